The lowest BCUT2D eigenvalue weighted by atomic mass is 9.90. The highest BCUT2D eigenvalue weighted by Crippen LogP contribution is 2.29. The summed E-state index contributed by atoms with van der Waals surface area (Å²) in [6.45, 7) is 3.23. The molecule has 4 rings (SSSR count). The van der Waals surface area contributed by atoms with E-state index in [0.717, 1.165) is 0 Å². The Kier molecular flexibility index (Phi) is 4.91. The molecule has 0 unspecified atom stereocenters. The van der Waals surface area contributed by atoms with E-state index in [1.807, 2.05) is 6.92 Å². The number of aromatic nitrogens is 4. The van der Waals surface area contributed by atoms with E-state index in [9.17, 15) is 9.18 Å². The van der Waals surface area contributed by atoms with Crippen molar-refractivity contribution in [3.63, 3.8) is 0 Å². The molecule has 2 N–H and O–H groups in total. The first kappa shape index (κ1) is 19.3. The topological polar surface area (TPSA) is 104 Å². The van der Waals surface area contributed by atoms with Crippen LogP contribution >= 0.6 is 11.6 Å². The maximum absolute atomic E-state index is 13.6. The van der Waals surface area contributed by atoms with Gasteiger partial charge in [0.05, 0.1) is 11.9 Å². The molecule has 1 amide bonds. The zero-order valence-corrected chi connectivity index (χ0v) is 16.3. The smallest absolute Gasteiger partial charge is 0.405 e. The van der Waals surface area contributed by atoms with Gasteiger partial charge in [-0.2, -0.15) is 4.39 Å². The van der Waals surface area contributed by atoms with Crippen LogP contribution in [-0.2, 0) is 0 Å². The van der Waals surface area contributed by atoms with Crippen molar-refractivity contribution >= 4 is 34.7 Å². The Morgan fingerprint density at radius 3 is 2.72 bits per heavy atom. The van der Waals surface area contributed by atoms with Gasteiger partial charge in [-0.05, 0) is 38.0 Å². The van der Waals surface area contributed by atoms with E-state index in [0.29, 0.717) is 54.2 Å². The van der Waals surface area contributed by atoms with E-state index in [4.69, 9.17) is 16.7 Å². The third-order valence-corrected chi connectivity index (χ3v) is 5.47. The van der Waals surface area contributed by atoms with Crippen molar-refractivity contribution in [1.82, 2.24) is 25.3 Å². The molecule has 10 heteroatoms. The first-order valence-corrected chi connectivity index (χ1v) is 9.43. The lowest BCUT2D eigenvalue weighted by Crippen LogP contribution is -2.53. The summed E-state index contributed by atoms with van der Waals surface area (Å²) in [6, 6.07) is 5.08. The lowest BCUT2D eigenvalue weighted by Gasteiger charge is -2.39. The van der Waals surface area contributed by atoms with E-state index in [1.54, 1.807) is 24.4 Å². The quantitative estimate of drug-likeness (QED) is 0.629. The third-order valence-electron chi connectivity index (χ3n) is 5.11. The number of halogens is 2. The maximum Gasteiger partial charge on any atom is 0.405 e. The summed E-state index contributed by atoms with van der Waals surface area (Å²) in [5.74, 6) is -0.0422. The molecule has 0 bridgehead atoms. The molecule has 3 aromatic heterocycles. The molecule has 4 heterocycles. The number of nitrogens with one attached hydrogen (secondary N) is 1. The summed E-state index contributed by atoms with van der Waals surface area (Å²) < 4.78 is 13.6. The number of pyridine rings is 2. The van der Waals surface area contributed by atoms with Crippen LogP contribution in [0.25, 0.3) is 22.4 Å². The zero-order valence-electron chi connectivity index (χ0n) is 15.6. The van der Waals surface area contributed by atoms with Crippen molar-refractivity contribution in [3.8, 4) is 11.3 Å². The van der Waals surface area contributed by atoms with Crippen LogP contribution in [0.5, 0.6) is 0 Å². The van der Waals surface area contributed by atoms with Gasteiger partial charge in [0.15, 0.2) is 5.65 Å². The predicted octanol–water partition coefficient (Wildman–Crippen LogP) is 3.51. The standard InChI is InChI=1S/C19H18ClFN6O2/c1-19(26-18(28)29)5-8-27(9-6-19)14-10-23-17-13(24-14)3-2-12(25-17)11-4-7-22-16(21)15(11)20/h2-4,7,10,26H,5-6,8-9H2,1H3,(H,28,29). The number of amides is 1. The zero-order chi connectivity index (χ0) is 20.6. The van der Waals surface area contributed by atoms with E-state index < -0.39 is 17.6 Å². The van der Waals surface area contributed by atoms with Crippen LogP contribution in [0.3, 0.4) is 0 Å². The van der Waals surface area contributed by atoms with Crippen LogP contribution in [0.1, 0.15) is 19.8 Å². The predicted molar refractivity (Wildman–Crippen MR) is 107 cm³/mol. The number of carbonyl (C=O) groups is 1. The van der Waals surface area contributed by atoms with Gasteiger partial charge in [0, 0.05) is 30.4 Å². The van der Waals surface area contributed by atoms with Crippen molar-refractivity contribution in [2.24, 2.45) is 0 Å². The molecule has 0 aromatic carbocycles. The molecule has 0 saturated carbocycles. The Balaban J connectivity index is 1.57. The van der Waals surface area contributed by atoms with Crippen molar-refractivity contribution in [1.29, 1.82) is 0 Å². The van der Waals surface area contributed by atoms with Gasteiger partial charge in [-0.1, -0.05) is 11.6 Å². The monoisotopic (exact) mass is 416 g/mol. The summed E-state index contributed by atoms with van der Waals surface area (Å²) in [5, 5.41) is 11.5. The van der Waals surface area contributed by atoms with Crippen LogP contribution in [0.4, 0.5) is 15.0 Å². The van der Waals surface area contributed by atoms with Crippen LogP contribution < -0.4 is 10.2 Å². The van der Waals surface area contributed by atoms with Crippen molar-refractivity contribution in [2.45, 2.75) is 25.3 Å². The highest BCUT2D eigenvalue weighted by atomic mass is 35.5. The van der Waals surface area contributed by atoms with Gasteiger partial charge >= 0.3 is 6.09 Å². The average Bonchev–Trinajstić information content (AvgIpc) is 2.69. The van der Waals surface area contributed by atoms with Gasteiger partial charge in [-0.25, -0.2) is 24.7 Å². The number of anilines is 1. The number of hydrogen-bond acceptors (Lipinski definition) is 6. The lowest BCUT2D eigenvalue weighted by molar-refractivity contribution is 0.173. The first-order chi connectivity index (χ1) is 13.8. The first-order valence-electron chi connectivity index (χ1n) is 9.05. The Hall–Kier alpha value is -3.07. The minimum atomic E-state index is -1.01. The van der Waals surface area contributed by atoms with E-state index in [1.165, 1.54) is 6.20 Å². The van der Waals surface area contributed by atoms with Gasteiger partial charge in [-0.15, -0.1) is 0 Å². The van der Waals surface area contributed by atoms with Crippen molar-refractivity contribution < 1.29 is 14.3 Å². The fraction of sp³-hybridized carbons (Fsp3) is 0.316. The van der Waals surface area contributed by atoms with Gasteiger partial charge in [0.1, 0.15) is 16.4 Å². The summed E-state index contributed by atoms with van der Waals surface area (Å²) in [6.07, 6.45) is 3.30. The Morgan fingerprint density at radius 2 is 2.00 bits per heavy atom. The Morgan fingerprint density at radius 1 is 1.24 bits per heavy atom. The summed E-state index contributed by atoms with van der Waals surface area (Å²) in [4.78, 5) is 30.0. The molecule has 1 saturated heterocycles. The summed E-state index contributed by atoms with van der Waals surface area (Å²) in [7, 11) is 0. The van der Waals surface area contributed by atoms with Crippen LogP contribution in [0.2, 0.25) is 5.02 Å². The summed E-state index contributed by atoms with van der Waals surface area (Å²) >= 11 is 6.00. The average molecular weight is 417 g/mol. The Bertz CT molecular complexity index is 1090. The van der Waals surface area contributed by atoms with Crippen LogP contribution in [0.15, 0.2) is 30.6 Å². The summed E-state index contributed by atoms with van der Waals surface area (Å²) in [5.41, 5.74) is 1.51. The van der Waals surface area contributed by atoms with Gasteiger partial charge in [0.2, 0.25) is 5.95 Å². The molecule has 3 aromatic rings. The molecule has 1 aliphatic heterocycles. The van der Waals surface area contributed by atoms with E-state index in [-0.39, 0.29) is 5.02 Å². The number of piperidine rings is 1. The molecule has 1 fully saturated rings. The molecule has 0 radical (unpaired) electrons. The Labute approximate surface area is 170 Å². The van der Waals surface area contributed by atoms with Gasteiger partial charge in [-0.3, -0.25) is 0 Å². The fourth-order valence-corrected chi connectivity index (χ4v) is 3.63. The second-order valence-corrected chi connectivity index (χ2v) is 7.59. The normalized spacial score (nSPS) is 16.0. The molecular weight excluding hydrogens is 399 g/mol. The second kappa shape index (κ2) is 7.40. The molecule has 8 nitrogen and oxygen atoms in total. The minimum absolute atomic E-state index is 0.0877. The maximum atomic E-state index is 13.6. The van der Waals surface area contributed by atoms with E-state index in [2.05, 4.69) is 30.2 Å². The molecule has 0 aliphatic carbocycles. The van der Waals surface area contributed by atoms with Crippen LogP contribution in [0, 0.1) is 5.95 Å². The van der Waals surface area contributed by atoms with Crippen molar-refractivity contribution in [3.05, 3.63) is 41.6 Å². The molecule has 0 atom stereocenters. The van der Waals surface area contributed by atoms with Crippen LogP contribution in [-0.4, -0.2) is 49.8 Å². The van der Waals surface area contributed by atoms with Crippen molar-refractivity contribution in [2.75, 3.05) is 18.0 Å². The number of carboxylic acid groups (broad SMARTS) is 1. The molecule has 150 valence electrons. The van der Waals surface area contributed by atoms with Gasteiger partial charge in [0.25, 0.3) is 0 Å². The number of nitrogens with zero attached hydrogens (tertiary/aromatic N) is 5. The molecule has 0 spiro atoms. The molecule has 1 aliphatic rings. The SMILES string of the molecule is CC1(NC(=O)O)CCN(c2cnc3nc(-c4ccnc(F)c4Cl)ccc3n2)CC1. The van der Waals surface area contributed by atoms with Gasteiger partial charge < -0.3 is 15.3 Å². The largest absolute Gasteiger partial charge is 0.465 e. The minimum Gasteiger partial charge on any atom is -0.465 e. The second-order valence-electron chi connectivity index (χ2n) is 7.21. The third kappa shape index (κ3) is 3.91. The van der Waals surface area contributed by atoms with E-state index >= 15 is 0 Å². The highest BCUT2D eigenvalue weighted by molar-refractivity contribution is 6.33. The highest BCUT2D eigenvalue weighted by Gasteiger charge is 2.32. The fourth-order valence-electron chi connectivity index (χ4n) is 3.43. The molecule has 29 heavy (non-hydrogen) atoms. The number of fused-ring (bicyclic) bond motifs is 1. The number of rotatable bonds is 3. The number of hydrogen-bond donors (Lipinski definition) is 2. The molecular formula is C19H18ClFN6O2.